The molecule has 0 aliphatic carbocycles. The van der Waals surface area contributed by atoms with Crippen LogP contribution in [0.25, 0.3) is 6.08 Å². The molecule has 24 heavy (non-hydrogen) atoms. The van der Waals surface area contributed by atoms with Gasteiger partial charge in [-0.25, -0.2) is 9.69 Å². The van der Waals surface area contributed by atoms with Crippen molar-refractivity contribution in [1.82, 2.24) is 5.32 Å². The number of anilines is 1. The Morgan fingerprint density at radius 1 is 1.21 bits per heavy atom. The average Bonchev–Trinajstić information content (AvgIpc) is 2.85. The molecule has 0 aromatic heterocycles. The molecule has 6 nitrogen and oxygen atoms in total. The predicted molar refractivity (Wildman–Crippen MR) is 90.1 cm³/mol. The van der Waals surface area contributed by atoms with Crippen molar-refractivity contribution in [3.05, 3.63) is 58.7 Å². The number of carbonyl (C=O) groups excluding carboxylic acids is 2. The van der Waals surface area contributed by atoms with Crippen LogP contribution < -0.4 is 15.0 Å². The van der Waals surface area contributed by atoms with Crippen LogP contribution in [0.3, 0.4) is 0 Å². The number of phenols is 1. The van der Waals surface area contributed by atoms with Gasteiger partial charge in [-0.2, -0.15) is 0 Å². The van der Waals surface area contributed by atoms with Crippen LogP contribution in [0.4, 0.5) is 10.5 Å². The Labute approximate surface area is 142 Å². The fourth-order valence-corrected chi connectivity index (χ4v) is 2.58. The van der Waals surface area contributed by atoms with E-state index in [-0.39, 0.29) is 22.8 Å². The molecule has 1 saturated heterocycles. The number of para-hydroxylation sites is 1. The van der Waals surface area contributed by atoms with Crippen LogP contribution in [0.15, 0.2) is 48.2 Å². The minimum atomic E-state index is -0.564. The van der Waals surface area contributed by atoms with E-state index in [2.05, 4.69) is 5.32 Å². The van der Waals surface area contributed by atoms with Crippen molar-refractivity contribution in [3.63, 3.8) is 0 Å². The van der Waals surface area contributed by atoms with Crippen LogP contribution in [0.1, 0.15) is 5.56 Å². The highest BCUT2D eigenvalue weighted by Gasteiger charge is 2.34. The number of methoxy groups -OCH3 is 1. The fourth-order valence-electron chi connectivity index (χ4n) is 2.36. The monoisotopic (exact) mass is 344 g/mol. The zero-order valence-electron chi connectivity index (χ0n) is 12.6. The number of imide groups is 1. The Balaban J connectivity index is 2.00. The van der Waals surface area contributed by atoms with Gasteiger partial charge in [-0.3, -0.25) is 4.79 Å². The number of urea groups is 1. The molecule has 0 bridgehead atoms. The first-order chi connectivity index (χ1) is 11.5. The normalized spacial score (nSPS) is 15.8. The van der Waals surface area contributed by atoms with Crippen LogP contribution in [-0.2, 0) is 4.79 Å². The minimum Gasteiger partial charge on any atom is -0.504 e. The van der Waals surface area contributed by atoms with E-state index in [4.69, 9.17) is 16.3 Å². The van der Waals surface area contributed by atoms with Crippen molar-refractivity contribution in [2.24, 2.45) is 0 Å². The molecular formula is C17H13ClN2O4. The van der Waals surface area contributed by atoms with Crippen molar-refractivity contribution >= 4 is 35.3 Å². The van der Waals surface area contributed by atoms with Gasteiger partial charge in [0, 0.05) is 16.7 Å². The minimum absolute atomic E-state index is 0.0310. The van der Waals surface area contributed by atoms with E-state index in [1.54, 1.807) is 30.3 Å². The first-order valence-electron chi connectivity index (χ1n) is 7.00. The lowest BCUT2D eigenvalue weighted by atomic mass is 10.1. The molecule has 122 valence electrons. The van der Waals surface area contributed by atoms with Gasteiger partial charge in [0.25, 0.3) is 5.91 Å². The van der Waals surface area contributed by atoms with Crippen LogP contribution in [0, 0.1) is 0 Å². The molecule has 2 aromatic carbocycles. The highest BCUT2D eigenvalue weighted by Crippen LogP contribution is 2.35. The molecule has 0 unspecified atom stereocenters. The number of halogens is 1. The summed E-state index contributed by atoms with van der Waals surface area (Å²) in [7, 11) is 1.39. The van der Waals surface area contributed by atoms with Gasteiger partial charge < -0.3 is 15.2 Å². The van der Waals surface area contributed by atoms with Crippen molar-refractivity contribution in [3.8, 4) is 11.5 Å². The van der Waals surface area contributed by atoms with Gasteiger partial charge in [0.05, 0.1) is 12.8 Å². The first-order valence-corrected chi connectivity index (χ1v) is 7.37. The van der Waals surface area contributed by atoms with Gasteiger partial charge in [-0.15, -0.1) is 0 Å². The maximum atomic E-state index is 12.5. The number of phenolic OH excluding ortho intramolecular Hbond substituents is 1. The maximum absolute atomic E-state index is 12.5. The molecule has 2 N–H and O–H groups in total. The molecule has 0 radical (unpaired) electrons. The van der Waals surface area contributed by atoms with E-state index in [9.17, 15) is 14.7 Å². The highest BCUT2D eigenvalue weighted by atomic mass is 35.5. The molecule has 3 rings (SSSR count). The number of benzene rings is 2. The van der Waals surface area contributed by atoms with Gasteiger partial charge >= 0.3 is 6.03 Å². The molecule has 0 saturated carbocycles. The van der Waals surface area contributed by atoms with Crippen LogP contribution in [0.2, 0.25) is 5.02 Å². The molecule has 7 heteroatoms. The van der Waals surface area contributed by atoms with Crippen molar-refractivity contribution < 1.29 is 19.4 Å². The molecule has 1 fully saturated rings. The Morgan fingerprint density at radius 3 is 2.58 bits per heavy atom. The molecule has 0 spiro atoms. The SMILES string of the molecule is COc1cc(Cl)cc(/C=C2/NC(=O)N(c3ccccc3)C2=O)c1O. The van der Waals surface area contributed by atoms with Crippen molar-refractivity contribution in [2.45, 2.75) is 0 Å². The van der Waals surface area contributed by atoms with Gasteiger partial charge in [0.2, 0.25) is 0 Å². The Bertz CT molecular complexity index is 849. The van der Waals surface area contributed by atoms with E-state index < -0.39 is 11.9 Å². The smallest absolute Gasteiger partial charge is 0.333 e. The van der Waals surface area contributed by atoms with Crippen molar-refractivity contribution in [1.29, 1.82) is 0 Å². The lowest BCUT2D eigenvalue weighted by Crippen LogP contribution is -2.30. The van der Waals surface area contributed by atoms with Crippen LogP contribution in [0.5, 0.6) is 11.5 Å². The number of hydrogen-bond donors (Lipinski definition) is 2. The highest BCUT2D eigenvalue weighted by molar-refractivity contribution is 6.31. The van der Waals surface area contributed by atoms with Crippen LogP contribution >= 0.6 is 11.6 Å². The number of aromatic hydroxyl groups is 1. The summed E-state index contributed by atoms with van der Waals surface area (Å²) in [6.45, 7) is 0. The van der Waals surface area contributed by atoms with Gasteiger partial charge in [0.15, 0.2) is 11.5 Å². The van der Waals surface area contributed by atoms with Gasteiger partial charge in [-0.1, -0.05) is 29.8 Å². The zero-order valence-corrected chi connectivity index (χ0v) is 13.4. The summed E-state index contributed by atoms with van der Waals surface area (Å²) in [5, 5.41) is 13.0. The third kappa shape index (κ3) is 2.79. The number of hydrogen-bond acceptors (Lipinski definition) is 4. The van der Waals surface area contributed by atoms with Gasteiger partial charge in [-0.05, 0) is 24.3 Å². The summed E-state index contributed by atoms with van der Waals surface area (Å²) in [5.41, 5.74) is 0.748. The van der Waals surface area contributed by atoms with E-state index in [0.29, 0.717) is 10.7 Å². The second kappa shape index (κ2) is 6.25. The summed E-state index contributed by atoms with van der Waals surface area (Å²) in [6, 6.07) is 10.9. The standard InChI is InChI=1S/C17H13ClN2O4/c1-24-14-9-11(18)7-10(15(14)21)8-13-16(22)20(17(23)19-13)12-5-3-2-4-6-12/h2-9,21H,1H3,(H,19,23)/b13-8+. The van der Waals surface area contributed by atoms with E-state index in [1.165, 1.54) is 25.3 Å². The number of ether oxygens (including phenoxy) is 1. The maximum Gasteiger partial charge on any atom is 0.333 e. The lowest BCUT2D eigenvalue weighted by molar-refractivity contribution is -0.113. The number of carbonyl (C=O) groups is 2. The first kappa shape index (κ1) is 15.9. The lowest BCUT2D eigenvalue weighted by Gasteiger charge is -2.11. The molecule has 2 aromatic rings. The number of rotatable bonds is 3. The predicted octanol–water partition coefficient (Wildman–Crippen LogP) is 3.15. The van der Waals surface area contributed by atoms with E-state index in [1.807, 2.05) is 0 Å². The van der Waals surface area contributed by atoms with E-state index in [0.717, 1.165) is 4.90 Å². The summed E-state index contributed by atoms with van der Waals surface area (Å²) in [4.78, 5) is 25.6. The summed E-state index contributed by atoms with van der Waals surface area (Å²) in [6.07, 6.45) is 1.35. The Kier molecular flexibility index (Phi) is 4.14. The third-order valence-electron chi connectivity index (χ3n) is 3.48. The molecule has 1 heterocycles. The fraction of sp³-hybridized carbons (Fsp3) is 0.0588. The summed E-state index contributed by atoms with van der Waals surface area (Å²) in [5.74, 6) is -0.523. The molecular weight excluding hydrogens is 332 g/mol. The second-order valence-corrected chi connectivity index (χ2v) is 5.45. The molecule has 3 amide bonds. The number of nitrogens with one attached hydrogen (secondary N) is 1. The number of nitrogens with zero attached hydrogens (tertiary/aromatic N) is 1. The molecule has 1 aliphatic rings. The van der Waals surface area contributed by atoms with Crippen molar-refractivity contribution in [2.75, 3.05) is 12.0 Å². The number of amides is 3. The van der Waals surface area contributed by atoms with E-state index >= 15 is 0 Å². The second-order valence-electron chi connectivity index (χ2n) is 5.01. The summed E-state index contributed by atoms with van der Waals surface area (Å²) < 4.78 is 5.02. The average molecular weight is 345 g/mol. The third-order valence-corrected chi connectivity index (χ3v) is 3.70. The Hall–Kier alpha value is -2.99. The quantitative estimate of drug-likeness (QED) is 0.662. The zero-order chi connectivity index (χ0) is 17.3. The largest absolute Gasteiger partial charge is 0.504 e. The Morgan fingerprint density at radius 2 is 1.92 bits per heavy atom. The molecule has 0 atom stereocenters. The summed E-state index contributed by atoms with van der Waals surface area (Å²) >= 11 is 5.97. The van der Waals surface area contributed by atoms with Crippen LogP contribution in [-0.4, -0.2) is 24.2 Å². The molecule has 1 aliphatic heterocycles. The topological polar surface area (TPSA) is 78.9 Å². The van der Waals surface area contributed by atoms with Gasteiger partial charge in [0.1, 0.15) is 5.70 Å².